The predicted molar refractivity (Wildman–Crippen MR) is 137 cm³/mol. The van der Waals surface area contributed by atoms with Gasteiger partial charge in [0.1, 0.15) is 5.75 Å². The monoisotopic (exact) mass is 428 g/mol. The summed E-state index contributed by atoms with van der Waals surface area (Å²) in [6.45, 7) is 20.3. The summed E-state index contributed by atoms with van der Waals surface area (Å²) in [4.78, 5) is 11.3. The van der Waals surface area contributed by atoms with Crippen molar-refractivity contribution in [2.75, 3.05) is 13.2 Å². The van der Waals surface area contributed by atoms with Crippen molar-refractivity contribution in [3.8, 4) is 5.75 Å². The maximum atomic E-state index is 11.3. The molecular weight excluding hydrogens is 384 g/mol. The molecule has 3 heteroatoms. The van der Waals surface area contributed by atoms with Crippen LogP contribution in [0.3, 0.4) is 0 Å². The van der Waals surface area contributed by atoms with E-state index < -0.39 is 0 Å². The predicted octanol–water partition coefficient (Wildman–Crippen LogP) is 8.25. The lowest BCUT2D eigenvalue weighted by Gasteiger charge is -2.11. The van der Waals surface area contributed by atoms with Crippen LogP contribution >= 0.6 is 0 Å². The number of aryl methyl sites for hydroxylation is 1. The highest BCUT2D eigenvalue weighted by molar-refractivity contribution is 5.71. The van der Waals surface area contributed by atoms with Crippen LogP contribution in [0, 0.1) is 6.92 Å². The van der Waals surface area contributed by atoms with Crippen molar-refractivity contribution in [2.45, 2.75) is 74.7 Å². The van der Waals surface area contributed by atoms with E-state index in [-0.39, 0.29) is 12.6 Å². The number of esters is 1. The number of benzene rings is 1. The van der Waals surface area contributed by atoms with Gasteiger partial charge in [0, 0.05) is 5.56 Å². The maximum Gasteiger partial charge on any atom is 0.344 e. The summed E-state index contributed by atoms with van der Waals surface area (Å²) in [5.74, 6) is 0.367. The molecule has 0 aromatic heterocycles. The standard InChI is InChI=1S/C15H20O3.C10H16.C3H8/c1-5-17-15(16)10-18-14-8-6-7-12(4)13(14)9-11(2)3;1-4-7-9-10(6-3)8-5-2;1-3-2/h6-9H,5,10H2,1-4H3;4,7-9H,1,5-6H2,2-3H3;3H2,1-2H3/b;9-7-,10-8-;. The molecule has 0 aliphatic heterocycles. The topological polar surface area (TPSA) is 35.5 Å². The average Bonchev–Trinajstić information content (AvgIpc) is 2.72. The Hall–Kier alpha value is -2.55. The third kappa shape index (κ3) is 16.9. The summed E-state index contributed by atoms with van der Waals surface area (Å²) in [5.41, 5.74) is 4.71. The Morgan fingerprint density at radius 3 is 2.23 bits per heavy atom. The van der Waals surface area contributed by atoms with Crippen LogP contribution in [0.2, 0.25) is 0 Å². The minimum atomic E-state index is -0.345. The van der Waals surface area contributed by atoms with Crippen molar-refractivity contribution < 1.29 is 14.3 Å². The van der Waals surface area contributed by atoms with Gasteiger partial charge in [0.05, 0.1) is 6.61 Å². The van der Waals surface area contributed by atoms with E-state index in [9.17, 15) is 4.79 Å². The number of hydrogen-bond donors (Lipinski definition) is 0. The molecule has 1 aromatic rings. The third-order valence-electron chi connectivity index (χ3n) is 3.69. The summed E-state index contributed by atoms with van der Waals surface area (Å²) >= 11 is 0. The first kappa shape index (κ1) is 30.6. The zero-order chi connectivity index (χ0) is 24.1. The zero-order valence-corrected chi connectivity index (χ0v) is 21.1. The van der Waals surface area contributed by atoms with Crippen molar-refractivity contribution in [1.82, 2.24) is 0 Å². The smallest absolute Gasteiger partial charge is 0.344 e. The lowest BCUT2D eigenvalue weighted by Crippen LogP contribution is -2.15. The molecule has 31 heavy (non-hydrogen) atoms. The van der Waals surface area contributed by atoms with Crippen LogP contribution in [0.5, 0.6) is 5.75 Å². The molecule has 1 rings (SSSR count). The van der Waals surface area contributed by atoms with Crippen molar-refractivity contribution in [3.05, 3.63) is 71.4 Å². The fraction of sp³-hybridized carbons (Fsp3) is 0.464. The molecule has 0 N–H and O–H groups in total. The fourth-order valence-corrected chi connectivity index (χ4v) is 2.38. The summed E-state index contributed by atoms with van der Waals surface area (Å²) < 4.78 is 10.3. The molecule has 3 nitrogen and oxygen atoms in total. The SMILES string of the molecule is C=C/C=C\C(=C/CC)CC.CCC.CCOC(=O)COc1cccc(C)c1C=C(C)C. The van der Waals surface area contributed by atoms with Crippen LogP contribution in [-0.4, -0.2) is 19.2 Å². The molecule has 0 atom stereocenters. The van der Waals surface area contributed by atoms with Gasteiger partial charge in [-0.25, -0.2) is 4.79 Å². The van der Waals surface area contributed by atoms with Gasteiger partial charge in [0.2, 0.25) is 0 Å². The minimum absolute atomic E-state index is 0.0547. The van der Waals surface area contributed by atoms with Gasteiger partial charge < -0.3 is 9.47 Å². The lowest BCUT2D eigenvalue weighted by molar-refractivity contribution is -0.145. The first-order valence-electron chi connectivity index (χ1n) is 11.3. The summed E-state index contributed by atoms with van der Waals surface area (Å²) in [6.07, 6.45) is 13.7. The van der Waals surface area contributed by atoms with E-state index in [4.69, 9.17) is 9.47 Å². The van der Waals surface area contributed by atoms with Gasteiger partial charge in [-0.05, 0) is 52.2 Å². The zero-order valence-electron chi connectivity index (χ0n) is 21.1. The average molecular weight is 429 g/mol. The fourth-order valence-electron chi connectivity index (χ4n) is 2.38. The molecule has 0 fully saturated rings. The van der Waals surface area contributed by atoms with Crippen LogP contribution in [0.4, 0.5) is 0 Å². The van der Waals surface area contributed by atoms with Gasteiger partial charge in [-0.15, -0.1) is 0 Å². The van der Waals surface area contributed by atoms with Crippen LogP contribution < -0.4 is 4.74 Å². The van der Waals surface area contributed by atoms with Crippen LogP contribution in [0.15, 0.2) is 60.2 Å². The first-order valence-corrected chi connectivity index (χ1v) is 11.3. The van der Waals surface area contributed by atoms with Crippen LogP contribution in [0.25, 0.3) is 6.08 Å². The number of carbonyl (C=O) groups is 1. The summed E-state index contributed by atoms with van der Waals surface area (Å²) in [6, 6.07) is 5.80. The molecule has 0 unspecified atom stereocenters. The normalized spacial score (nSPS) is 10.3. The highest BCUT2D eigenvalue weighted by atomic mass is 16.6. The highest BCUT2D eigenvalue weighted by Crippen LogP contribution is 2.24. The number of ether oxygens (including phenoxy) is 2. The maximum absolute atomic E-state index is 11.3. The van der Waals surface area contributed by atoms with E-state index in [1.807, 2.05) is 45.0 Å². The van der Waals surface area contributed by atoms with Gasteiger partial charge in [-0.3, -0.25) is 0 Å². The van der Waals surface area contributed by atoms with E-state index in [1.165, 1.54) is 17.6 Å². The molecular formula is C28H44O3. The third-order valence-corrected chi connectivity index (χ3v) is 3.69. The van der Waals surface area contributed by atoms with E-state index in [2.05, 4.69) is 52.5 Å². The van der Waals surface area contributed by atoms with Crippen molar-refractivity contribution in [1.29, 1.82) is 0 Å². The Labute approximate surface area is 191 Å². The Morgan fingerprint density at radius 2 is 1.74 bits per heavy atom. The van der Waals surface area contributed by atoms with E-state index in [0.717, 1.165) is 24.0 Å². The molecule has 0 amide bonds. The molecule has 0 spiro atoms. The largest absolute Gasteiger partial charge is 0.481 e. The van der Waals surface area contributed by atoms with E-state index >= 15 is 0 Å². The number of rotatable bonds is 9. The highest BCUT2D eigenvalue weighted by Gasteiger charge is 2.07. The molecule has 0 saturated heterocycles. The van der Waals surface area contributed by atoms with Crippen LogP contribution in [-0.2, 0) is 9.53 Å². The van der Waals surface area contributed by atoms with Crippen molar-refractivity contribution in [3.63, 3.8) is 0 Å². The van der Waals surface area contributed by atoms with Crippen LogP contribution in [0.1, 0.15) is 78.9 Å². The number of hydrogen-bond acceptors (Lipinski definition) is 3. The molecule has 0 saturated carbocycles. The van der Waals surface area contributed by atoms with E-state index in [0.29, 0.717) is 12.4 Å². The Kier molecular flexibility index (Phi) is 20.5. The minimum Gasteiger partial charge on any atom is -0.481 e. The summed E-state index contributed by atoms with van der Waals surface area (Å²) in [5, 5.41) is 0. The van der Waals surface area contributed by atoms with E-state index in [1.54, 1.807) is 13.0 Å². The molecule has 0 aliphatic rings. The second-order valence-corrected chi connectivity index (χ2v) is 7.14. The number of carbonyl (C=O) groups excluding carboxylic acids is 1. The second kappa shape index (κ2) is 20.7. The molecule has 174 valence electrons. The molecule has 0 aliphatic carbocycles. The van der Waals surface area contributed by atoms with Gasteiger partial charge in [-0.2, -0.15) is 0 Å². The molecule has 1 aromatic carbocycles. The second-order valence-electron chi connectivity index (χ2n) is 7.14. The van der Waals surface area contributed by atoms with Crippen molar-refractivity contribution >= 4 is 12.0 Å². The van der Waals surface area contributed by atoms with Gasteiger partial charge in [0.25, 0.3) is 0 Å². The Balaban J connectivity index is 0. The number of allylic oxidation sites excluding steroid dienone is 6. The quantitative estimate of drug-likeness (QED) is 0.293. The Morgan fingerprint density at radius 1 is 1.10 bits per heavy atom. The Bertz CT molecular complexity index is 702. The van der Waals surface area contributed by atoms with Gasteiger partial charge >= 0.3 is 5.97 Å². The first-order chi connectivity index (χ1) is 14.8. The van der Waals surface area contributed by atoms with Gasteiger partial charge in [-0.1, -0.05) is 94.4 Å². The van der Waals surface area contributed by atoms with Crippen molar-refractivity contribution in [2.24, 2.45) is 0 Å². The lowest BCUT2D eigenvalue weighted by atomic mass is 10.1. The summed E-state index contributed by atoms with van der Waals surface area (Å²) in [7, 11) is 0. The van der Waals surface area contributed by atoms with Gasteiger partial charge in [0.15, 0.2) is 6.61 Å². The molecule has 0 bridgehead atoms. The molecule has 0 radical (unpaired) electrons. The molecule has 0 heterocycles.